The predicted octanol–water partition coefficient (Wildman–Crippen LogP) is -0.818. The molecule has 4 rings (SSSR count). The van der Waals surface area contributed by atoms with E-state index >= 15 is 0 Å². The van der Waals surface area contributed by atoms with E-state index in [1.54, 1.807) is 0 Å². The number of rotatable bonds is 5. The minimum atomic E-state index is -0.698. The zero-order valence-electron chi connectivity index (χ0n) is 14.6. The Kier molecular flexibility index (Phi) is 5.15. The van der Waals surface area contributed by atoms with Crippen LogP contribution < -0.4 is 0 Å². The number of ether oxygens (including phenoxy) is 6. The molecule has 0 aromatic heterocycles. The first-order valence-electron chi connectivity index (χ1n) is 9.06. The van der Waals surface area contributed by atoms with E-state index in [4.69, 9.17) is 28.4 Å². The Morgan fingerprint density at radius 1 is 0.808 bits per heavy atom. The molecule has 4 aliphatic heterocycles. The van der Waals surface area contributed by atoms with Crippen LogP contribution in [0.3, 0.4) is 0 Å². The Labute approximate surface area is 150 Å². The minimum Gasteiger partial charge on any atom is -0.457 e. The molecule has 146 valence electrons. The fraction of sp³-hybridized carbons (Fsp3) is 0.882. The molecule has 0 bridgehead atoms. The highest BCUT2D eigenvalue weighted by atomic mass is 16.6. The molecule has 26 heavy (non-hydrogen) atoms. The molecule has 4 heterocycles. The molecule has 0 amide bonds. The lowest BCUT2D eigenvalue weighted by Gasteiger charge is -2.18. The zero-order valence-corrected chi connectivity index (χ0v) is 14.6. The van der Waals surface area contributed by atoms with Gasteiger partial charge in [-0.2, -0.15) is 0 Å². The lowest BCUT2D eigenvalue weighted by atomic mass is 10.0. The van der Waals surface area contributed by atoms with Crippen LogP contribution in [0.2, 0.25) is 0 Å². The van der Waals surface area contributed by atoms with Crippen molar-refractivity contribution in [2.45, 2.75) is 62.5 Å². The number of aliphatic hydroxyl groups excluding tert-OH is 1. The van der Waals surface area contributed by atoms with Crippen molar-refractivity contribution in [1.29, 1.82) is 0 Å². The van der Waals surface area contributed by atoms with E-state index in [1.807, 2.05) is 6.92 Å². The van der Waals surface area contributed by atoms with Crippen molar-refractivity contribution in [3.63, 3.8) is 0 Å². The van der Waals surface area contributed by atoms with Crippen LogP contribution in [0.5, 0.6) is 0 Å². The molecular formula is C17H24O9. The maximum atomic E-state index is 12.0. The van der Waals surface area contributed by atoms with Gasteiger partial charge >= 0.3 is 11.9 Å². The van der Waals surface area contributed by atoms with Gasteiger partial charge in [0.25, 0.3) is 0 Å². The molecule has 0 aromatic rings. The van der Waals surface area contributed by atoms with Crippen LogP contribution in [-0.4, -0.2) is 86.2 Å². The monoisotopic (exact) mass is 372 g/mol. The summed E-state index contributed by atoms with van der Waals surface area (Å²) in [7, 11) is 0. The third kappa shape index (κ3) is 3.46. The summed E-state index contributed by atoms with van der Waals surface area (Å²) in [5.41, 5.74) is 0. The van der Waals surface area contributed by atoms with E-state index < -0.39 is 42.5 Å². The maximum absolute atomic E-state index is 12.0. The van der Waals surface area contributed by atoms with Crippen molar-refractivity contribution in [3.05, 3.63) is 0 Å². The Morgan fingerprint density at radius 3 is 1.96 bits per heavy atom. The van der Waals surface area contributed by atoms with Crippen LogP contribution in [0.25, 0.3) is 0 Å². The third-order valence-corrected chi connectivity index (χ3v) is 5.34. The van der Waals surface area contributed by atoms with Gasteiger partial charge in [0.05, 0.1) is 45.4 Å². The lowest BCUT2D eigenvalue weighted by Crippen LogP contribution is -2.34. The van der Waals surface area contributed by atoms with Crippen LogP contribution in [0, 0.1) is 5.92 Å². The summed E-state index contributed by atoms with van der Waals surface area (Å²) in [6.07, 6.45) is -3.01. The van der Waals surface area contributed by atoms with Gasteiger partial charge in [0.2, 0.25) is 0 Å². The van der Waals surface area contributed by atoms with E-state index in [1.165, 1.54) is 0 Å². The highest BCUT2D eigenvalue weighted by Crippen LogP contribution is 2.32. The Morgan fingerprint density at radius 2 is 1.31 bits per heavy atom. The van der Waals surface area contributed by atoms with E-state index in [-0.39, 0.29) is 44.2 Å². The molecule has 4 fully saturated rings. The van der Waals surface area contributed by atoms with Crippen molar-refractivity contribution < 1.29 is 43.1 Å². The Hall–Kier alpha value is -1.26. The molecule has 0 spiro atoms. The topological polar surface area (TPSA) is 110 Å². The third-order valence-electron chi connectivity index (χ3n) is 5.34. The smallest absolute Gasteiger partial charge is 0.306 e. The molecule has 0 radical (unpaired) electrons. The van der Waals surface area contributed by atoms with Crippen molar-refractivity contribution >= 4 is 11.9 Å². The summed E-state index contributed by atoms with van der Waals surface area (Å²) in [4.78, 5) is 24.0. The van der Waals surface area contributed by atoms with Gasteiger partial charge in [-0.15, -0.1) is 0 Å². The highest BCUT2D eigenvalue weighted by Gasteiger charge is 2.49. The fourth-order valence-corrected chi connectivity index (χ4v) is 3.96. The SMILES string of the molecule is C[C@H]1CO[C@H]2[C@@H]1OC[C@H]2OC(=O)CCC(=O)O[C@H]1CO[C@H]2[C@@H]1OC[C@H]2O. The van der Waals surface area contributed by atoms with Gasteiger partial charge in [-0.25, -0.2) is 0 Å². The number of fused-ring (bicyclic) bond motifs is 2. The van der Waals surface area contributed by atoms with Gasteiger partial charge in [-0.1, -0.05) is 6.92 Å². The number of carbonyl (C=O) groups excluding carboxylic acids is 2. The van der Waals surface area contributed by atoms with Crippen molar-refractivity contribution in [1.82, 2.24) is 0 Å². The summed E-state index contributed by atoms with van der Waals surface area (Å²) in [5.74, 6) is -0.715. The second kappa shape index (κ2) is 7.40. The number of carbonyl (C=O) groups is 2. The van der Waals surface area contributed by atoms with E-state index in [9.17, 15) is 14.7 Å². The Bertz CT molecular complexity index is 504. The molecule has 4 saturated heterocycles. The van der Waals surface area contributed by atoms with Gasteiger partial charge in [-0.05, 0) is 0 Å². The normalized spacial score (nSPS) is 43.9. The molecule has 9 heteroatoms. The molecule has 4 aliphatic rings. The van der Waals surface area contributed by atoms with E-state index in [0.717, 1.165) is 0 Å². The number of esters is 2. The summed E-state index contributed by atoms with van der Waals surface area (Å²) in [6, 6.07) is 0. The first-order chi connectivity index (χ1) is 12.5. The van der Waals surface area contributed by atoms with E-state index in [2.05, 4.69) is 0 Å². The van der Waals surface area contributed by atoms with Gasteiger partial charge in [0.15, 0.2) is 12.2 Å². The number of hydrogen-bond acceptors (Lipinski definition) is 9. The molecule has 8 atom stereocenters. The predicted molar refractivity (Wildman–Crippen MR) is 83.1 cm³/mol. The van der Waals surface area contributed by atoms with Gasteiger partial charge in [0.1, 0.15) is 24.4 Å². The first kappa shape index (κ1) is 18.1. The molecular weight excluding hydrogens is 348 g/mol. The van der Waals surface area contributed by atoms with Gasteiger partial charge in [-0.3, -0.25) is 9.59 Å². The van der Waals surface area contributed by atoms with Crippen molar-refractivity contribution in [3.8, 4) is 0 Å². The maximum Gasteiger partial charge on any atom is 0.306 e. The van der Waals surface area contributed by atoms with Gasteiger partial charge < -0.3 is 33.5 Å². The van der Waals surface area contributed by atoms with Crippen LogP contribution in [0.1, 0.15) is 19.8 Å². The average Bonchev–Trinajstić information content (AvgIpc) is 3.35. The van der Waals surface area contributed by atoms with E-state index in [0.29, 0.717) is 13.2 Å². The zero-order chi connectivity index (χ0) is 18.3. The largest absolute Gasteiger partial charge is 0.457 e. The quantitative estimate of drug-likeness (QED) is 0.619. The average molecular weight is 372 g/mol. The molecule has 0 saturated carbocycles. The number of hydrogen-bond donors (Lipinski definition) is 1. The molecule has 0 unspecified atom stereocenters. The molecule has 0 aliphatic carbocycles. The molecule has 1 N–H and O–H groups in total. The van der Waals surface area contributed by atoms with Crippen LogP contribution in [0.15, 0.2) is 0 Å². The highest BCUT2D eigenvalue weighted by molar-refractivity contribution is 5.77. The van der Waals surface area contributed by atoms with Crippen molar-refractivity contribution in [2.24, 2.45) is 5.92 Å². The van der Waals surface area contributed by atoms with Crippen LogP contribution in [0.4, 0.5) is 0 Å². The fourth-order valence-electron chi connectivity index (χ4n) is 3.96. The van der Waals surface area contributed by atoms with Crippen LogP contribution in [-0.2, 0) is 38.0 Å². The van der Waals surface area contributed by atoms with Gasteiger partial charge in [0, 0.05) is 5.92 Å². The molecule has 0 aromatic carbocycles. The summed E-state index contributed by atoms with van der Waals surface area (Å²) in [5, 5.41) is 9.67. The number of aliphatic hydroxyl groups is 1. The van der Waals surface area contributed by atoms with Crippen molar-refractivity contribution in [2.75, 3.05) is 26.4 Å². The summed E-state index contributed by atoms with van der Waals surface area (Å²) in [6.45, 7) is 3.30. The standard InChI is InChI=1S/C17H24O9/c1-8-4-21-16-10(6-23-14(8)16)25-12(19)2-3-13(20)26-11-7-24-15-9(18)5-22-17(11)15/h8-11,14-18H,2-7H2,1H3/t8-,9+,10+,11-,14+,15+,16+,17+/m0/s1. The van der Waals surface area contributed by atoms with Crippen LogP contribution >= 0.6 is 0 Å². The summed E-state index contributed by atoms with van der Waals surface area (Å²) >= 11 is 0. The lowest BCUT2D eigenvalue weighted by molar-refractivity contribution is -0.160. The second-order valence-electron chi connectivity index (χ2n) is 7.29. The second-order valence-corrected chi connectivity index (χ2v) is 7.29. The Balaban J connectivity index is 1.18. The summed E-state index contributed by atoms with van der Waals surface area (Å²) < 4.78 is 32.8. The minimum absolute atomic E-state index is 0.0326. The first-order valence-corrected chi connectivity index (χ1v) is 9.06. The molecule has 9 nitrogen and oxygen atoms in total.